The molecule has 13 heavy (non-hydrogen) atoms. The van der Waals surface area contributed by atoms with Gasteiger partial charge >= 0.3 is 0 Å². The van der Waals surface area contributed by atoms with Gasteiger partial charge in [-0.05, 0) is 11.5 Å². The number of rotatable bonds is 1. The minimum Gasteiger partial charge on any atom is -0.411 e. The van der Waals surface area contributed by atoms with Crippen molar-refractivity contribution in [2.45, 2.75) is 0 Å². The van der Waals surface area contributed by atoms with E-state index in [-0.39, 0.29) is 0 Å². The van der Waals surface area contributed by atoms with Crippen LogP contribution in [0.15, 0.2) is 41.7 Å². The van der Waals surface area contributed by atoms with E-state index >= 15 is 0 Å². The Kier molecular flexibility index (Phi) is 1.92. The highest BCUT2D eigenvalue weighted by molar-refractivity contribution is 5.97. The van der Waals surface area contributed by atoms with Gasteiger partial charge in [-0.25, -0.2) is 0 Å². The van der Waals surface area contributed by atoms with Gasteiger partial charge in [0.15, 0.2) is 0 Å². The molecule has 2 aromatic rings. The first kappa shape index (κ1) is 7.73. The highest BCUT2D eigenvalue weighted by Crippen LogP contribution is 2.14. The fourth-order valence-electron chi connectivity index (χ4n) is 1.30. The third kappa shape index (κ3) is 1.36. The van der Waals surface area contributed by atoms with Crippen LogP contribution in [0, 0.1) is 0 Å². The van der Waals surface area contributed by atoms with Gasteiger partial charge in [0.2, 0.25) is 0 Å². The zero-order valence-electron chi connectivity index (χ0n) is 6.88. The topological polar surface area (TPSA) is 45.5 Å². The zero-order valence-corrected chi connectivity index (χ0v) is 6.88. The Balaban J connectivity index is 2.75. The maximum Gasteiger partial charge on any atom is 0.0924 e. The van der Waals surface area contributed by atoms with Gasteiger partial charge in [-0.1, -0.05) is 29.4 Å². The monoisotopic (exact) mass is 172 g/mol. The van der Waals surface area contributed by atoms with Crippen molar-refractivity contribution in [2.24, 2.45) is 5.16 Å². The fourth-order valence-corrected chi connectivity index (χ4v) is 1.30. The summed E-state index contributed by atoms with van der Waals surface area (Å²) in [6, 6.07) is 9.75. The molecule has 3 heteroatoms. The van der Waals surface area contributed by atoms with Gasteiger partial charge in [-0.15, -0.1) is 0 Å². The SMILES string of the molecule is ON=Cc1nccc2ccccc12. The second kappa shape index (κ2) is 3.23. The minimum atomic E-state index is 0.681. The Morgan fingerprint density at radius 1 is 1.23 bits per heavy atom. The van der Waals surface area contributed by atoms with E-state index in [1.54, 1.807) is 6.20 Å². The molecule has 1 heterocycles. The van der Waals surface area contributed by atoms with Crippen LogP contribution >= 0.6 is 0 Å². The second-order valence-electron chi connectivity index (χ2n) is 2.66. The van der Waals surface area contributed by atoms with Gasteiger partial charge in [-0.2, -0.15) is 0 Å². The number of benzene rings is 1. The van der Waals surface area contributed by atoms with Crippen LogP contribution in [0.3, 0.4) is 0 Å². The predicted molar refractivity (Wildman–Crippen MR) is 51.1 cm³/mol. The largest absolute Gasteiger partial charge is 0.411 e. The molecule has 1 aromatic heterocycles. The van der Waals surface area contributed by atoms with Crippen molar-refractivity contribution in [1.29, 1.82) is 0 Å². The van der Waals surface area contributed by atoms with Gasteiger partial charge in [0.1, 0.15) is 0 Å². The lowest BCUT2D eigenvalue weighted by molar-refractivity contribution is 0.321. The Morgan fingerprint density at radius 2 is 2.08 bits per heavy atom. The van der Waals surface area contributed by atoms with Crippen molar-refractivity contribution in [3.8, 4) is 0 Å². The minimum absolute atomic E-state index is 0.681. The van der Waals surface area contributed by atoms with Gasteiger partial charge in [0, 0.05) is 11.6 Å². The maximum absolute atomic E-state index is 8.41. The van der Waals surface area contributed by atoms with Crippen LogP contribution < -0.4 is 0 Å². The lowest BCUT2D eigenvalue weighted by atomic mass is 10.1. The molecular weight excluding hydrogens is 164 g/mol. The summed E-state index contributed by atoms with van der Waals surface area (Å²) in [6.45, 7) is 0. The molecule has 0 saturated carbocycles. The van der Waals surface area contributed by atoms with Crippen LogP contribution in [0.5, 0.6) is 0 Å². The molecule has 0 spiro atoms. The molecule has 3 nitrogen and oxygen atoms in total. The molecule has 0 amide bonds. The van der Waals surface area contributed by atoms with Gasteiger partial charge in [0.25, 0.3) is 0 Å². The molecule has 0 fully saturated rings. The van der Waals surface area contributed by atoms with Crippen molar-refractivity contribution < 1.29 is 5.21 Å². The Bertz CT molecular complexity index is 446. The summed E-state index contributed by atoms with van der Waals surface area (Å²) in [4.78, 5) is 4.09. The number of nitrogens with zero attached hydrogens (tertiary/aromatic N) is 2. The van der Waals surface area contributed by atoms with E-state index in [1.165, 1.54) is 6.21 Å². The molecule has 0 aliphatic rings. The molecule has 0 aliphatic heterocycles. The lowest BCUT2D eigenvalue weighted by Crippen LogP contribution is -1.88. The molecular formula is C10H8N2O. The number of oxime groups is 1. The summed E-state index contributed by atoms with van der Waals surface area (Å²) in [7, 11) is 0. The van der Waals surface area contributed by atoms with Gasteiger partial charge < -0.3 is 5.21 Å². The number of aromatic nitrogens is 1. The van der Waals surface area contributed by atoms with E-state index in [0.717, 1.165) is 10.8 Å². The molecule has 1 N–H and O–H groups in total. The fraction of sp³-hybridized carbons (Fsp3) is 0. The number of hydrogen-bond acceptors (Lipinski definition) is 3. The van der Waals surface area contributed by atoms with Crippen LogP contribution in [-0.4, -0.2) is 16.4 Å². The molecule has 0 radical (unpaired) electrons. The van der Waals surface area contributed by atoms with Gasteiger partial charge in [0.05, 0.1) is 11.9 Å². The lowest BCUT2D eigenvalue weighted by Gasteiger charge is -1.98. The molecule has 2 rings (SSSR count). The van der Waals surface area contributed by atoms with Crippen molar-refractivity contribution in [1.82, 2.24) is 4.98 Å². The first-order valence-electron chi connectivity index (χ1n) is 3.93. The summed E-state index contributed by atoms with van der Waals surface area (Å²) >= 11 is 0. The standard InChI is InChI=1S/C10H8N2O/c13-12-7-10-9-4-2-1-3-8(9)5-6-11-10/h1-7,13H. The van der Waals surface area contributed by atoms with Crippen molar-refractivity contribution in [3.63, 3.8) is 0 Å². The molecule has 0 aliphatic carbocycles. The van der Waals surface area contributed by atoms with Crippen LogP contribution in [-0.2, 0) is 0 Å². The predicted octanol–water partition coefficient (Wildman–Crippen LogP) is 2.04. The van der Waals surface area contributed by atoms with Gasteiger partial charge in [-0.3, -0.25) is 4.98 Å². The first-order valence-corrected chi connectivity index (χ1v) is 3.93. The molecule has 64 valence electrons. The van der Waals surface area contributed by atoms with E-state index < -0.39 is 0 Å². The smallest absolute Gasteiger partial charge is 0.0924 e. The average Bonchev–Trinajstić information content (AvgIpc) is 2.19. The highest BCUT2D eigenvalue weighted by atomic mass is 16.4. The van der Waals surface area contributed by atoms with Crippen LogP contribution in [0.2, 0.25) is 0 Å². The van der Waals surface area contributed by atoms with E-state index in [2.05, 4.69) is 10.1 Å². The van der Waals surface area contributed by atoms with Crippen LogP contribution in [0.25, 0.3) is 10.8 Å². The average molecular weight is 172 g/mol. The van der Waals surface area contributed by atoms with Crippen molar-refractivity contribution in [2.75, 3.05) is 0 Å². The number of pyridine rings is 1. The number of fused-ring (bicyclic) bond motifs is 1. The summed E-state index contributed by atoms with van der Waals surface area (Å²) in [5.74, 6) is 0. The number of hydrogen-bond donors (Lipinski definition) is 1. The maximum atomic E-state index is 8.41. The Morgan fingerprint density at radius 3 is 2.92 bits per heavy atom. The summed E-state index contributed by atoms with van der Waals surface area (Å²) in [5, 5.41) is 13.5. The van der Waals surface area contributed by atoms with E-state index in [0.29, 0.717) is 5.69 Å². The van der Waals surface area contributed by atoms with Crippen LogP contribution in [0.1, 0.15) is 5.69 Å². The van der Waals surface area contributed by atoms with E-state index in [4.69, 9.17) is 5.21 Å². The second-order valence-corrected chi connectivity index (χ2v) is 2.66. The van der Waals surface area contributed by atoms with Crippen LogP contribution in [0.4, 0.5) is 0 Å². The zero-order chi connectivity index (χ0) is 9.10. The summed E-state index contributed by atoms with van der Waals surface area (Å²) in [6.07, 6.45) is 3.03. The first-order chi connectivity index (χ1) is 6.42. The molecule has 0 bridgehead atoms. The third-order valence-corrected chi connectivity index (χ3v) is 1.88. The summed E-state index contributed by atoms with van der Waals surface area (Å²) < 4.78 is 0. The van der Waals surface area contributed by atoms with Crippen molar-refractivity contribution >= 4 is 17.0 Å². The molecule has 0 saturated heterocycles. The Hall–Kier alpha value is -1.90. The quantitative estimate of drug-likeness (QED) is 0.406. The summed E-state index contributed by atoms with van der Waals surface area (Å²) in [5.41, 5.74) is 0.681. The highest BCUT2D eigenvalue weighted by Gasteiger charge is 1.97. The molecule has 1 aromatic carbocycles. The third-order valence-electron chi connectivity index (χ3n) is 1.88. The van der Waals surface area contributed by atoms with Crippen molar-refractivity contribution in [3.05, 3.63) is 42.2 Å². The van der Waals surface area contributed by atoms with E-state index in [1.807, 2.05) is 30.3 Å². The molecule has 0 atom stereocenters. The normalized spacial score (nSPS) is 11.1. The van der Waals surface area contributed by atoms with E-state index in [9.17, 15) is 0 Å². The molecule has 0 unspecified atom stereocenters. The Labute approximate surface area is 75.3 Å².